The molecule has 0 aromatic heterocycles. The second-order valence-corrected chi connectivity index (χ2v) is 5.28. The number of benzene rings is 3. The van der Waals surface area contributed by atoms with Gasteiger partial charge in [0.25, 0.3) is 0 Å². The highest BCUT2D eigenvalue weighted by atomic mass is 16.5. The van der Waals surface area contributed by atoms with Crippen LogP contribution in [0.4, 0.5) is 11.4 Å². The van der Waals surface area contributed by atoms with E-state index in [9.17, 15) is 0 Å². The zero-order valence-corrected chi connectivity index (χ0v) is 12.6. The van der Waals surface area contributed by atoms with Crippen LogP contribution in [0.3, 0.4) is 0 Å². The number of anilines is 2. The Kier molecular flexibility index (Phi) is 3.53. The lowest BCUT2D eigenvalue weighted by atomic mass is 10.0. The summed E-state index contributed by atoms with van der Waals surface area (Å²) in [7, 11) is 1.73. The zero-order valence-electron chi connectivity index (χ0n) is 12.6. The quantitative estimate of drug-likeness (QED) is 0.709. The summed E-state index contributed by atoms with van der Waals surface area (Å²) in [6.07, 6.45) is 0. The smallest absolute Gasteiger partial charge is 0.129 e. The summed E-state index contributed by atoms with van der Waals surface area (Å²) in [5, 5.41) is 5.77. The van der Waals surface area contributed by atoms with Gasteiger partial charge in [-0.1, -0.05) is 30.3 Å². The maximum absolute atomic E-state index is 5.62. The predicted molar refractivity (Wildman–Crippen MR) is 89.7 cm³/mol. The first-order valence-electron chi connectivity index (χ1n) is 7.09. The summed E-state index contributed by atoms with van der Waals surface area (Å²) in [4.78, 5) is 0. The van der Waals surface area contributed by atoms with Gasteiger partial charge in [0.15, 0.2) is 0 Å². The highest BCUT2D eigenvalue weighted by Crippen LogP contribution is 2.34. The van der Waals surface area contributed by atoms with Gasteiger partial charge in [0, 0.05) is 16.8 Å². The van der Waals surface area contributed by atoms with Gasteiger partial charge in [-0.05, 0) is 54.6 Å². The highest BCUT2D eigenvalue weighted by Gasteiger charge is 2.09. The van der Waals surface area contributed by atoms with Crippen LogP contribution in [-0.2, 0) is 0 Å². The number of nitrogens with one attached hydrogen (secondary N) is 1. The molecular formula is C19H19NO. The van der Waals surface area contributed by atoms with Crippen LogP contribution in [0.25, 0.3) is 10.8 Å². The number of aryl methyl sites for hydroxylation is 1. The molecule has 0 aliphatic rings. The van der Waals surface area contributed by atoms with Crippen molar-refractivity contribution in [2.24, 2.45) is 0 Å². The number of hydrogen-bond donors (Lipinski definition) is 1. The van der Waals surface area contributed by atoms with Gasteiger partial charge < -0.3 is 10.1 Å². The molecule has 0 atom stereocenters. The molecule has 3 rings (SSSR count). The first-order valence-corrected chi connectivity index (χ1v) is 7.09. The van der Waals surface area contributed by atoms with Crippen molar-refractivity contribution in [3.8, 4) is 5.75 Å². The Hall–Kier alpha value is -2.48. The van der Waals surface area contributed by atoms with Crippen molar-refractivity contribution in [3.05, 3.63) is 65.7 Å². The molecule has 1 N–H and O–H groups in total. The summed E-state index contributed by atoms with van der Waals surface area (Å²) in [6.45, 7) is 4.22. The normalized spacial score (nSPS) is 10.6. The van der Waals surface area contributed by atoms with E-state index in [-0.39, 0.29) is 0 Å². The van der Waals surface area contributed by atoms with Gasteiger partial charge in [0.2, 0.25) is 0 Å². The summed E-state index contributed by atoms with van der Waals surface area (Å²) in [5.41, 5.74) is 4.60. The van der Waals surface area contributed by atoms with E-state index in [1.165, 1.54) is 16.5 Å². The molecule has 0 aliphatic heterocycles. The van der Waals surface area contributed by atoms with Crippen LogP contribution < -0.4 is 10.1 Å². The average Bonchev–Trinajstić information content (AvgIpc) is 2.50. The molecule has 0 unspecified atom stereocenters. The van der Waals surface area contributed by atoms with Crippen molar-refractivity contribution < 1.29 is 4.74 Å². The van der Waals surface area contributed by atoms with E-state index >= 15 is 0 Å². The number of ether oxygens (including phenoxy) is 1. The molecule has 0 amide bonds. The maximum Gasteiger partial charge on any atom is 0.129 e. The topological polar surface area (TPSA) is 21.3 Å². The fourth-order valence-corrected chi connectivity index (χ4v) is 2.63. The molecule has 106 valence electrons. The maximum atomic E-state index is 5.62. The zero-order chi connectivity index (χ0) is 14.8. The fraction of sp³-hybridized carbons (Fsp3) is 0.158. The third kappa shape index (κ3) is 2.57. The van der Waals surface area contributed by atoms with Gasteiger partial charge >= 0.3 is 0 Å². The Labute approximate surface area is 125 Å². The number of hydrogen-bond acceptors (Lipinski definition) is 2. The number of methoxy groups -OCH3 is 1. The number of para-hydroxylation sites is 1. The van der Waals surface area contributed by atoms with Gasteiger partial charge in [-0.15, -0.1) is 0 Å². The summed E-state index contributed by atoms with van der Waals surface area (Å²) in [6, 6.07) is 18.8. The van der Waals surface area contributed by atoms with Crippen molar-refractivity contribution in [2.75, 3.05) is 12.4 Å². The lowest BCUT2D eigenvalue weighted by molar-refractivity contribution is 0.416. The van der Waals surface area contributed by atoms with E-state index < -0.39 is 0 Å². The molecule has 0 bridgehead atoms. The first-order chi connectivity index (χ1) is 10.2. The Bertz CT molecular complexity index is 778. The number of fused-ring (bicyclic) bond motifs is 1. The standard InChI is InChI=1S/C19H19NO/c1-13-11-15-9-10-17(20-16-7-5-4-6-8-16)12-18(15)19(21-3)14(13)2/h4-12,20H,1-3H3. The van der Waals surface area contributed by atoms with Crippen LogP contribution >= 0.6 is 0 Å². The molecule has 2 heteroatoms. The van der Waals surface area contributed by atoms with Gasteiger partial charge in [-0.25, -0.2) is 0 Å². The second kappa shape index (κ2) is 5.49. The molecule has 0 saturated heterocycles. The molecule has 21 heavy (non-hydrogen) atoms. The van der Waals surface area contributed by atoms with Gasteiger partial charge in [-0.2, -0.15) is 0 Å². The Morgan fingerprint density at radius 1 is 0.857 bits per heavy atom. The molecule has 0 saturated carbocycles. The van der Waals surface area contributed by atoms with Crippen LogP contribution in [0.1, 0.15) is 11.1 Å². The SMILES string of the molecule is COc1c(C)c(C)cc2ccc(Nc3ccccc3)cc12. The minimum absolute atomic E-state index is 0.960. The van der Waals surface area contributed by atoms with Crippen molar-refractivity contribution in [2.45, 2.75) is 13.8 Å². The molecule has 0 spiro atoms. The van der Waals surface area contributed by atoms with Crippen LogP contribution in [0.2, 0.25) is 0 Å². The van der Waals surface area contributed by atoms with E-state index in [0.717, 1.165) is 22.5 Å². The lowest BCUT2D eigenvalue weighted by Crippen LogP contribution is -1.94. The molecule has 3 aromatic carbocycles. The van der Waals surface area contributed by atoms with Crippen molar-refractivity contribution in [1.82, 2.24) is 0 Å². The Morgan fingerprint density at radius 3 is 2.33 bits per heavy atom. The lowest BCUT2D eigenvalue weighted by Gasteiger charge is -2.14. The van der Waals surface area contributed by atoms with Gasteiger partial charge in [0.05, 0.1) is 7.11 Å². The van der Waals surface area contributed by atoms with Crippen molar-refractivity contribution in [3.63, 3.8) is 0 Å². The fourth-order valence-electron chi connectivity index (χ4n) is 2.63. The van der Waals surface area contributed by atoms with E-state index in [4.69, 9.17) is 4.74 Å². The number of rotatable bonds is 3. The Morgan fingerprint density at radius 2 is 1.62 bits per heavy atom. The average molecular weight is 277 g/mol. The van der Waals surface area contributed by atoms with E-state index in [0.29, 0.717) is 0 Å². The summed E-state index contributed by atoms with van der Waals surface area (Å²) >= 11 is 0. The third-order valence-corrected chi connectivity index (χ3v) is 3.87. The summed E-state index contributed by atoms with van der Waals surface area (Å²) < 4.78 is 5.62. The third-order valence-electron chi connectivity index (χ3n) is 3.87. The van der Waals surface area contributed by atoms with Crippen LogP contribution in [-0.4, -0.2) is 7.11 Å². The van der Waals surface area contributed by atoms with Crippen LogP contribution in [0.5, 0.6) is 5.75 Å². The van der Waals surface area contributed by atoms with Gasteiger partial charge in [-0.3, -0.25) is 0 Å². The predicted octanol–water partition coefficient (Wildman–Crippen LogP) is 5.21. The largest absolute Gasteiger partial charge is 0.496 e. The minimum Gasteiger partial charge on any atom is -0.496 e. The highest BCUT2D eigenvalue weighted by molar-refractivity contribution is 5.93. The van der Waals surface area contributed by atoms with Crippen molar-refractivity contribution in [1.29, 1.82) is 0 Å². The van der Waals surface area contributed by atoms with E-state index in [2.05, 4.69) is 55.6 Å². The molecule has 2 nitrogen and oxygen atoms in total. The molecule has 0 radical (unpaired) electrons. The van der Waals surface area contributed by atoms with Crippen LogP contribution in [0.15, 0.2) is 54.6 Å². The monoisotopic (exact) mass is 277 g/mol. The van der Waals surface area contributed by atoms with Crippen LogP contribution in [0, 0.1) is 13.8 Å². The van der Waals surface area contributed by atoms with E-state index in [1.807, 2.05) is 18.2 Å². The Balaban J connectivity index is 2.09. The van der Waals surface area contributed by atoms with E-state index in [1.54, 1.807) is 7.11 Å². The molecule has 0 heterocycles. The molecule has 0 aliphatic carbocycles. The molecule has 0 fully saturated rings. The van der Waals surface area contributed by atoms with Gasteiger partial charge in [0.1, 0.15) is 5.75 Å². The first kappa shape index (κ1) is 13.5. The molecular weight excluding hydrogens is 258 g/mol. The van der Waals surface area contributed by atoms with Crippen molar-refractivity contribution >= 4 is 22.1 Å². The minimum atomic E-state index is 0.960. The molecule has 3 aromatic rings. The summed E-state index contributed by atoms with van der Waals surface area (Å²) in [5.74, 6) is 0.960. The second-order valence-electron chi connectivity index (χ2n) is 5.28.